The van der Waals surface area contributed by atoms with Crippen LogP contribution in [0, 0.1) is 33.2 Å². The number of likely N-dealkylation sites (N-methyl/N-ethyl adjacent to an activating group) is 1. The summed E-state index contributed by atoms with van der Waals surface area (Å²) in [5.74, 6) is 0.0271. The largest absolute Gasteiger partial charge is 0.308 e. The summed E-state index contributed by atoms with van der Waals surface area (Å²) in [6.07, 6.45) is 10.1. The predicted octanol–water partition coefficient (Wildman–Crippen LogP) is 8.34. The number of fused-ring (bicyclic) bond motifs is 1. The molecule has 0 aliphatic rings. The zero-order valence-corrected chi connectivity index (χ0v) is 22.4. The van der Waals surface area contributed by atoms with Gasteiger partial charge in [0.25, 0.3) is 0 Å². The maximum atomic E-state index is 5.86. The smallest absolute Gasteiger partial charge is 0.0708 e. The summed E-state index contributed by atoms with van der Waals surface area (Å²) >= 11 is 0. The average molecular weight is 473 g/mol. The third kappa shape index (κ3) is 4.93. The Kier molecular flexibility index (Phi) is 7.61. The molecule has 1 heterocycles. The Balaban J connectivity index is 2.00. The fourth-order valence-electron chi connectivity index (χ4n) is 5.28. The van der Waals surface area contributed by atoms with E-state index >= 15 is 0 Å². The number of aromatic nitrogens is 1. The Morgan fingerprint density at radius 3 is 2.33 bits per heavy atom. The molecule has 2 nitrogen and oxygen atoms in total. The second kappa shape index (κ2) is 10.8. The Labute approximate surface area is 216 Å². The van der Waals surface area contributed by atoms with Crippen molar-refractivity contribution in [3.8, 4) is 23.6 Å². The standard InChI is InChI=1S/C34H36N2/c1-8-12-29-30-22-28(34(32(9-2)36(7)10-3)26-17-15-23(4)16-18-26)19-20-31(30)35-25(6)33(29)27-14-11-13-24(5)21-27/h3,9,11,13-22,34H,8,12H2,1-2,4-7H3/b32-9-. The van der Waals surface area contributed by atoms with Crippen LogP contribution in [-0.4, -0.2) is 16.9 Å². The lowest BCUT2D eigenvalue weighted by Gasteiger charge is -2.27. The first-order chi connectivity index (χ1) is 17.4. The Morgan fingerprint density at radius 2 is 1.69 bits per heavy atom. The van der Waals surface area contributed by atoms with Gasteiger partial charge in [0.05, 0.1) is 5.52 Å². The van der Waals surface area contributed by atoms with Crippen molar-refractivity contribution in [1.29, 1.82) is 0 Å². The molecule has 0 radical (unpaired) electrons. The molecule has 0 spiro atoms. The van der Waals surface area contributed by atoms with E-state index in [-0.39, 0.29) is 5.92 Å². The molecule has 0 bridgehead atoms. The normalized spacial score (nSPS) is 12.4. The van der Waals surface area contributed by atoms with Crippen LogP contribution in [0.3, 0.4) is 0 Å². The van der Waals surface area contributed by atoms with E-state index in [1.165, 1.54) is 44.3 Å². The van der Waals surface area contributed by atoms with Gasteiger partial charge in [-0.25, -0.2) is 0 Å². The summed E-state index contributed by atoms with van der Waals surface area (Å²) in [6.45, 7) is 10.7. The van der Waals surface area contributed by atoms with E-state index in [4.69, 9.17) is 11.4 Å². The predicted molar refractivity (Wildman–Crippen MR) is 154 cm³/mol. The first kappa shape index (κ1) is 25.3. The van der Waals surface area contributed by atoms with Crippen molar-refractivity contribution in [3.63, 3.8) is 0 Å². The molecule has 182 valence electrons. The SMILES string of the molecule is C#CN(C)/C(=C\C)C(c1ccc(C)cc1)c1ccc2nc(C)c(-c3cccc(C)c3)c(CCC)c2c1. The molecule has 1 aromatic heterocycles. The number of pyridine rings is 1. The summed E-state index contributed by atoms with van der Waals surface area (Å²) in [4.78, 5) is 6.96. The minimum atomic E-state index is 0.0271. The molecular formula is C34H36N2. The quantitative estimate of drug-likeness (QED) is 0.198. The van der Waals surface area contributed by atoms with Gasteiger partial charge in [-0.05, 0) is 68.5 Å². The number of benzene rings is 3. The fourth-order valence-corrected chi connectivity index (χ4v) is 5.28. The molecule has 0 saturated heterocycles. The minimum Gasteiger partial charge on any atom is -0.308 e. The molecule has 1 atom stereocenters. The summed E-state index contributed by atoms with van der Waals surface area (Å²) in [7, 11) is 1.96. The molecule has 2 heteroatoms. The molecule has 36 heavy (non-hydrogen) atoms. The van der Waals surface area contributed by atoms with Gasteiger partial charge >= 0.3 is 0 Å². The van der Waals surface area contributed by atoms with Gasteiger partial charge in [-0.1, -0.05) is 91.6 Å². The highest BCUT2D eigenvalue weighted by Gasteiger charge is 2.23. The highest BCUT2D eigenvalue weighted by Crippen LogP contribution is 2.38. The molecular weight excluding hydrogens is 436 g/mol. The van der Waals surface area contributed by atoms with Crippen LogP contribution >= 0.6 is 0 Å². The number of hydrogen-bond acceptors (Lipinski definition) is 2. The molecule has 4 aromatic rings. The maximum Gasteiger partial charge on any atom is 0.0708 e. The second-order valence-electron chi connectivity index (χ2n) is 9.69. The van der Waals surface area contributed by atoms with E-state index in [9.17, 15) is 0 Å². The van der Waals surface area contributed by atoms with Crippen molar-refractivity contribution in [2.45, 2.75) is 53.4 Å². The molecule has 1 unspecified atom stereocenters. The highest BCUT2D eigenvalue weighted by atomic mass is 15.1. The van der Waals surface area contributed by atoms with E-state index in [0.29, 0.717) is 0 Å². The van der Waals surface area contributed by atoms with Crippen LogP contribution in [0.25, 0.3) is 22.0 Å². The van der Waals surface area contributed by atoms with Crippen molar-refractivity contribution in [2.75, 3.05) is 7.05 Å². The van der Waals surface area contributed by atoms with Crippen LogP contribution in [0.2, 0.25) is 0 Å². The molecule has 0 saturated carbocycles. The van der Waals surface area contributed by atoms with Crippen molar-refractivity contribution in [3.05, 3.63) is 112 Å². The lowest BCUT2D eigenvalue weighted by molar-refractivity contribution is 0.556. The van der Waals surface area contributed by atoms with Crippen molar-refractivity contribution in [1.82, 2.24) is 9.88 Å². The van der Waals surface area contributed by atoms with Crippen LogP contribution in [0.15, 0.2) is 78.5 Å². The van der Waals surface area contributed by atoms with E-state index in [1.54, 1.807) is 0 Å². The van der Waals surface area contributed by atoms with E-state index < -0.39 is 0 Å². The van der Waals surface area contributed by atoms with E-state index in [1.807, 2.05) is 11.9 Å². The Bertz CT molecular complexity index is 1450. The molecule has 0 aliphatic heterocycles. The third-order valence-corrected chi connectivity index (χ3v) is 7.02. The van der Waals surface area contributed by atoms with Gasteiger partial charge in [-0.15, -0.1) is 0 Å². The molecule has 4 rings (SSSR count). The summed E-state index contributed by atoms with van der Waals surface area (Å²) < 4.78 is 0. The summed E-state index contributed by atoms with van der Waals surface area (Å²) in [5.41, 5.74) is 12.1. The molecule has 3 aromatic carbocycles. The average Bonchev–Trinajstić information content (AvgIpc) is 2.87. The Hall–Kier alpha value is -3.83. The second-order valence-corrected chi connectivity index (χ2v) is 9.69. The van der Waals surface area contributed by atoms with Crippen molar-refractivity contribution >= 4 is 10.9 Å². The van der Waals surface area contributed by atoms with Gasteiger partial charge in [0.15, 0.2) is 0 Å². The van der Waals surface area contributed by atoms with Crippen LogP contribution in [0.5, 0.6) is 0 Å². The highest BCUT2D eigenvalue weighted by molar-refractivity contribution is 5.90. The molecule has 0 fully saturated rings. The zero-order valence-electron chi connectivity index (χ0n) is 22.4. The maximum absolute atomic E-state index is 5.86. The first-order valence-corrected chi connectivity index (χ1v) is 12.8. The van der Waals surface area contributed by atoms with Crippen LogP contribution < -0.4 is 0 Å². The number of nitrogens with zero attached hydrogens (tertiary/aromatic N) is 2. The number of hydrogen-bond donors (Lipinski definition) is 0. The van der Waals surface area contributed by atoms with Gasteiger partial charge < -0.3 is 4.90 Å². The summed E-state index contributed by atoms with van der Waals surface area (Å²) in [5, 5.41) is 1.23. The number of rotatable bonds is 7. The minimum absolute atomic E-state index is 0.0271. The van der Waals surface area contributed by atoms with Gasteiger partial charge in [0, 0.05) is 41.4 Å². The van der Waals surface area contributed by atoms with E-state index in [2.05, 4.69) is 113 Å². The molecule has 0 amide bonds. The first-order valence-electron chi connectivity index (χ1n) is 12.8. The van der Waals surface area contributed by atoms with Crippen molar-refractivity contribution < 1.29 is 0 Å². The molecule has 0 N–H and O–H groups in total. The fraction of sp³-hybridized carbons (Fsp3) is 0.265. The van der Waals surface area contributed by atoms with Gasteiger partial charge in [-0.2, -0.15) is 0 Å². The lowest BCUT2D eigenvalue weighted by atomic mass is 9.85. The lowest BCUT2D eigenvalue weighted by Crippen LogP contribution is -2.19. The Morgan fingerprint density at radius 1 is 0.972 bits per heavy atom. The van der Waals surface area contributed by atoms with Gasteiger partial charge in [-0.3, -0.25) is 4.98 Å². The number of aryl methyl sites for hydroxylation is 4. The number of allylic oxidation sites excluding steroid dienone is 2. The third-order valence-electron chi connectivity index (χ3n) is 7.02. The van der Waals surface area contributed by atoms with E-state index in [0.717, 1.165) is 29.7 Å². The monoisotopic (exact) mass is 472 g/mol. The van der Waals surface area contributed by atoms with Crippen LogP contribution in [0.4, 0.5) is 0 Å². The zero-order chi connectivity index (χ0) is 25.8. The van der Waals surface area contributed by atoms with Crippen LogP contribution in [0.1, 0.15) is 59.7 Å². The summed E-state index contributed by atoms with van der Waals surface area (Å²) in [6, 6.07) is 27.1. The molecule has 0 aliphatic carbocycles. The van der Waals surface area contributed by atoms with Gasteiger partial charge in [0.2, 0.25) is 0 Å². The number of terminal acetylenes is 1. The van der Waals surface area contributed by atoms with Crippen LogP contribution in [-0.2, 0) is 6.42 Å². The van der Waals surface area contributed by atoms with Gasteiger partial charge in [0.1, 0.15) is 0 Å². The van der Waals surface area contributed by atoms with Crippen molar-refractivity contribution in [2.24, 2.45) is 0 Å². The topological polar surface area (TPSA) is 16.1 Å².